The van der Waals surface area contributed by atoms with E-state index in [2.05, 4.69) is 17.1 Å². The van der Waals surface area contributed by atoms with Gasteiger partial charge in [0.15, 0.2) is 0 Å². The molecule has 1 N–H and O–H groups in total. The second kappa shape index (κ2) is 6.18. The van der Waals surface area contributed by atoms with E-state index in [-0.39, 0.29) is 18.2 Å². The van der Waals surface area contributed by atoms with Crippen molar-refractivity contribution in [2.24, 2.45) is 0 Å². The Bertz CT molecular complexity index is 333. The number of nitrogens with zero attached hydrogens (tertiary/aromatic N) is 1. The van der Waals surface area contributed by atoms with Crippen molar-refractivity contribution in [1.82, 2.24) is 10.2 Å². The minimum atomic E-state index is -0.0938. The van der Waals surface area contributed by atoms with Gasteiger partial charge in [0.2, 0.25) is 0 Å². The van der Waals surface area contributed by atoms with Crippen LogP contribution in [0.25, 0.3) is 0 Å². The highest BCUT2D eigenvalue weighted by atomic mass is 35.5. The van der Waals surface area contributed by atoms with E-state index in [9.17, 15) is 4.39 Å². The lowest BCUT2D eigenvalue weighted by Crippen LogP contribution is -2.48. The molecule has 1 aliphatic rings. The molecule has 90 valence electrons. The summed E-state index contributed by atoms with van der Waals surface area (Å²) in [5.41, 5.74) is 0.798. The zero-order valence-corrected chi connectivity index (χ0v) is 10.3. The number of benzene rings is 1. The van der Waals surface area contributed by atoms with Gasteiger partial charge in [-0.15, -0.1) is 12.4 Å². The van der Waals surface area contributed by atoms with Crippen LogP contribution in [-0.2, 0) is 6.54 Å². The van der Waals surface area contributed by atoms with Crippen LogP contribution in [-0.4, -0.2) is 30.6 Å². The van der Waals surface area contributed by atoms with Crippen molar-refractivity contribution in [3.63, 3.8) is 0 Å². The highest BCUT2D eigenvalue weighted by Gasteiger charge is 2.16. The molecule has 1 aliphatic heterocycles. The average molecular weight is 245 g/mol. The molecule has 4 heteroatoms. The molecule has 0 bridgehead atoms. The molecule has 0 spiro atoms. The van der Waals surface area contributed by atoms with E-state index in [1.54, 1.807) is 6.07 Å². The summed E-state index contributed by atoms with van der Waals surface area (Å²) in [5.74, 6) is -0.0938. The average Bonchev–Trinajstić information content (AvgIpc) is 2.22. The van der Waals surface area contributed by atoms with E-state index in [1.165, 1.54) is 6.07 Å². The fourth-order valence-electron chi connectivity index (χ4n) is 2.02. The predicted octanol–water partition coefficient (Wildman–Crippen LogP) is 2.04. The van der Waals surface area contributed by atoms with Crippen molar-refractivity contribution in [2.45, 2.75) is 19.5 Å². The van der Waals surface area contributed by atoms with Crippen LogP contribution in [0, 0.1) is 5.82 Å². The maximum absolute atomic E-state index is 13.4. The summed E-state index contributed by atoms with van der Waals surface area (Å²) in [6.45, 7) is 5.87. The standard InChI is InChI=1S/C12H17FN2.ClH/c1-10-8-15(7-6-14-10)9-11-4-2-3-5-12(11)13;/h2-5,10,14H,6-9H2,1H3;1H. The van der Waals surface area contributed by atoms with Gasteiger partial charge in [-0.25, -0.2) is 4.39 Å². The van der Waals surface area contributed by atoms with Gasteiger partial charge >= 0.3 is 0 Å². The summed E-state index contributed by atoms with van der Waals surface area (Å²) in [6.07, 6.45) is 0. The minimum absolute atomic E-state index is 0. The van der Waals surface area contributed by atoms with E-state index in [4.69, 9.17) is 0 Å². The second-order valence-corrected chi connectivity index (χ2v) is 4.18. The Hall–Kier alpha value is -0.640. The number of rotatable bonds is 2. The van der Waals surface area contributed by atoms with E-state index in [1.807, 2.05) is 12.1 Å². The Morgan fingerprint density at radius 1 is 1.44 bits per heavy atom. The van der Waals surface area contributed by atoms with Crippen molar-refractivity contribution in [3.05, 3.63) is 35.6 Å². The summed E-state index contributed by atoms with van der Waals surface area (Å²) >= 11 is 0. The molecule has 2 rings (SSSR count). The van der Waals surface area contributed by atoms with Crippen molar-refractivity contribution in [2.75, 3.05) is 19.6 Å². The van der Waals surface area contributed by atoms with Crippen molar-refractivity contribution in [3.8, 4) is 0 Å². The Balaban J connectivity index is 0.00000128. The molecule has 0 saturated carbocycles. The van der Waals surface area contributed by atoms with Crippen molar-refractivity contribution < 1.29 is 4.39 Å². The normalized spacial score (nSPS) is 21.5. The third-order valence-electron chi connectivity index (χ3n) is 2.80. The molecule has 0 radical (unpaired) electrons. The molecular formula is C12H18ClFN2. The Morgan fingerprint density at radius 3 is 2.88 bits per heavy atom. The van der Waals surface area contributed by atoms with Crippen LogP contribution in [0.3, 0.4) is 0 Å². The lowest BCUT2D eigenvalue weighted by Gasteiger charge is -2.31. The zero-order valence-electron chi connectivity index (χ0n) is 9.45. The molecule has 1 saturated heterocycles. The van der Waals surface area contributed by atoms with Crippen molar-refractivity contribution >= 4 is 12.4 Å². The largest absolute Gasteiger partial charge is 0.312 e. The van der Waals surface area contributed by atoms with E-state index in [0.29, 0.717) is 6.04 Å². The van der Waals surface area contributed by atoms with Gasteiger partial charge in [-0.1, -0.05) is 18.2 Å². The fraction of sp³-hybridized carbons (Fsp3) is 0.500. The third-order valence-corrected chi connectivity index (χ3v) is 2.80. The quantitative estimate of drug-likeness (QED) is 0.857. The predicted molar refractivity (Wildman–Crippen MR) is 66.4 cm³/mol. The van der Waals surface area contributed by atoms with Gasteiger partial charge < -0.3 is 5.32 Å². The van der Waals surface area contributed by atoms with E-state index >= 15 is 0 Å². The Morgan fingerprint density at radius 2 is 2.19 bits per heavy atom. The topological polar surface area (TPSA) is 15.3 Å². The number of hydrogen-bond acceptors (Lipinski definition) is 2. The lowest BCUT2D eigenvalue weighted by atomic mass is 10.1. The lowest BCUT2D eigenvalue weighted by molar-refractivity contribution is 0.197. The monoisotopic (exact) mass is 244 g/mol. The van der Waals surface area contributed by atoms with Crippen LogP contribution in [0.5, 0.6) is 0 Å². The second-order valence-electron chi connectivity index (χ2n) is 4.18. The first-order valence-electron chi connectivity index (χ1n) is 5.45. The van der Waals surface area contributed by atoms with Gasteiger partial charge in [0.25, 0.3) is 0 Å². The molecule has 0 aromatic heterocycles. The van der Waals surface area contributed by atoms with Gasteiger partial charge in [0.1, 0.15) is 5.82 Å². The number of halogens is 2. The van der Waals surface area contributed by atoms with Crippen LogP contribution in [0.1, 0.15) is 12.5 Å². The van der Waals surface area contributed by atoms with Crippen LogP contribution in [0.2, 0.25) is 0 Å². The first kappa shape index (κ1) is 13.4. The van der Waals surface area contributed by atoms with Crippen LogP contribution in [0.15, 0.2) is 24.3 Å². The molecule has 1 unspecified atom stereocenters. The summed E-state index contributed by atoms with van der Waals surface area (Å²) in [7, 11) is 0. The highest BCUT2D eigenvalue weighted by molar-refractivity contribution is 5.85. The maximum atomic E-state index is 13.4. The third kappa shape index (κ3) is 3.44. The van der Waals surface area contributed by atoms with E-state index < -0.39 is 0 Å². The van der Waals surface area contributed by atoms with Crippen molar-refractivity contribution in [1.29, 1.82) is 0 Å². The molecule has 2 nitrogen and oxygen atoms in total. The zero-order chi connectivity index (χ0) is 10.7. The van der Waals surface area contributed by atoms with Gasteiger partial charge in [-0.2, -0.15) is 0 Å². The van der Waals surface area contributed by atoms with Gasteiger partial charge in [0.05, 0.1) is 0 Å². The summed E-state index contributed by atoms with van der Waals surface area (Å²) in [4.78, 5) is 2.29. The highest BCUT2D eigenvalue weighted by Crippen LogP contribution is 2.11. The van der Waals surface area contributed by atoms with Gasteiger partial charge in [-0.05, 0) is 13.0 Å². The first-order chi connectivity index (χ1) is 7.25. The molecular weight excluding hydrogens is 227 g/mol. The smallest absolute Gasteiger partial charge is 0.127 e. The number of nitrogens with one attached hydrogen (secondary N) is 1. The molecule has 1 atom stereocenters. The molecule has 1 aromatic carbocycles. The summed E-state index contributed by atoms with van der Waals surface area (Å²) in [6, 6.07) is 7.53. The maximum Gasteiger partial charge on any atom is 0.127 e. The summed E-state index contributed by atoms with van der Waals surface area (Å²) < 4.78 is 13.4. The van der Waals surface area contributed by atoms with E-state index in [0.717, 1.165) is 31.7 Å². The molecule has 1 heterocycles. The molecule has 0 aliphatic carbocycles. The van der Waals surface area contributed by atoms with Crippen LogP contribution >= 0.6 is 12.4 Å². The van der Waals surface area contributed by atoms with Crippen LogP contribution < -0.4 is 5.32 Å². The fourth-order valence-corrected chi connectivity index (χ4v) is 2.02. The molecule has 1 fully saturated rings. The number of piperazine rings is 1. The SMILES string of the molecule is CC1CN(Cc2ccccc2F)CCN1.Cl. The summed E-state index contributed by atoms with van der Waals surface area (Å²) in [5, 5.41) is 3.38. The Kier molecular flexibility index (Phi) is 5.19. The van der Waals surface area contributed by atoms with Gasteiger partial charge in [-0.3, -0.25) is 4.90 Å². The molecule has 0 amide bonds. The van der Waals surface area contributed by atoms with Gasteiger partial charge in [0, 0.05) is 37.8 Å². The molecule has 16 heavy (non-hydrogen) atoms. The first-order valence-corrected chi connectivity index (χ1v) is 5.45. The van der Waals surface area contributed by atoms with Crippen LogP contribution in [0.4, 0.5) is 4.39 Å². The minimum Gasteiger partial charge on any atom is -0.312 e. The number of hydrogen-bond donors (Lipinski definition) is 1. The molecule has 1 aromatic rings. The Labute approximate surface area is 102 Å².